The van der Waals surface area contributed by atoms with Crippen molar-refractivity contribution < 1.29 is 14.6 Å². The largest absolute Gasteiger partial charge is 0.496 e. The molecule has 2 rings (SSSR count). The lowest BCUT2D eigenvalue weighted by atomic mass is 10.0. The smallest absolute Gasteiger partial charge is 0.195 e. The molecule has 0 amide bonds. The Morgan fingerprint density at radius 1 is 1.47 bits per heavy atom. The molecule has 0 saturated heterocycles. The maximum absolute atomic E-state index is 11.9. The highest BCUT2D eigenvalue weighted by atomic mass is 16.5. The molecule has 0 spiro atoms. The van der Waals surface area contributed by atoms with E-state index in [1.165, 1.54) is 7.11 Å². The van der Waals surface area contributed by atoms with Crippen LogP contribution in [0.2, 0.25) is 0 Å². The maximum Gasteiger partial charge on any atom is 0.195 e. The van der Waals surface area contributed by atoms with E-state index in [0.29, 0.717) is 11.3 Å². The van der Waals surface area contributed by atoms with Crippen molar-refractivity contribution in [2.75, 3.05) is 7.11 Å². The number of carbonyl (C=O) groups is 1. The summed E-state index contributed by atoms with van der Waals surface area (Å²) in [6.07, 6.45) is 1.03. The van der Waals surface area contributed by atoms with Gasteiger partial charge in [-0.05, 0) is 30.9 Å². The summed E-state index contributed by atoms with van der Waals surface area (Å²) in [6, 6.07) is 6.99. The molecular weight excluding hydrogens is 192 g/mol. The predicted molar refractivity (Wildman–Crippen MR) is 56.1 cm³/mol. The van der Waals surface area contributed by atoms with Crippen molar-refractivity contribution in [3.05, 3.63) is 29.8 Å². The van der Waals surface area contributed by atoms with Crippen molar-refractivity contribution in [3.8, 4) is 5.75 Å². The van der Waals surface area contributed by atoms with E-state index in [1.807, 2.05) is 0 Å². The molecule has 1 N–H and O–H groups in total. The molecule has 3 nitrogen and oxygen atoms in total. The number of Topliss-reactive ketones (excluding diaryl/α,β-unsaturated/α-hetero) is 1. The van der Waals surface area contributed by atoms with E-state index in [0.717, 1.165) is 12.8 Å². The van der Waals surface area contributed by atoms with Gasteiger partial charge in [-0.1, -0.05) is 12.1 Å². The summed E-state index contributed by atoms with van der Waals surface area (Å²) < 4.78 is 5.08. The minimum Gasteiger partial charge on any atom is -0.496 e. The third kappa shape index (κ3) is 2.02. The molecule has 15 heavy (non-hydrogen) atoms. The zero-order valence-corrected chi connectivity index (χ0v) is 8.64. The SMILES string of the molecule is COc1ccccc1C(=O)C(O)C1CC1. The van der Waals surface area contributed by atoms with Crippen LogP contribution in [0.5, 0.6) is 5.75 Å². The van der Waals surface area contributed by atoms with Crippen LogP contribution in [0, 0.1) is 5.92 Å². The van der Waals surface area contributed by atoms with Crippen LogP contribution in [-0.2, 0) is 0 Å². The van der Waals surface area contributed by atoms with E-state index >= 15 is 0 Å². The molecule has 1 aromatic carbocycles. The summed E-state index contributed by atoms with van der Waals surface area (Å²) in [5, 5.41) is 9.73. The topological polar surface area (TPSA) is 46.5 Å². The first-order valence-electron chi connectivity index (χ1n) is 5.09. The number of hydrogen-bond acceptors (Lipinski definition) is 3. The highest BCUT2D eigenvalue weighted by Gasteiger charge is 2.35. The maximum atomic E-state index is 11.9. The fourth-order valence-electron chi connectivity index (χ4n) is 1.63. The molecule has 0 aromatic heterocycles. The van der Waals surface area contributed by atoms with Crippen molar-refractivity contribution in [1.82, 2.24) is 0 Å². The van der Waals surface area contributed by atoms with E-state index < -0.39 is 6.10 Å². The summed E-state index contributed by atoms with van der Waals surface area (Å²) in [7, 11) is 1.52. The first-order chi connectivity index (χ1) is 7.24. The average molecular weight is 206 g/mol. The average Bonchev–Trinajstić information content (AvgIpc) is 3.11. The second-order valence-corrected chi connectivity index (χ2v) is 3.85. The summed E-state index contributed by atoms with van der Waals surface area (Å²) in [5.41, 5.74) is 0.472. The first-order valence-corrected chi connectivity index (χ1v) is 5.09. The molecule has 1 saturated carbocycles. The summed E-state index contributed by atoms with van der Waals surface area (Å²) in [4.78, 5) is 11.9. The normalized spacial score (nSPS) is 17.2. The third-order valence-corrected chi connectivity index (χ3v) is 2.71. The van der Waals surface area contributed by atoms with Crippen LogP contribution in [0.15, 0.2) is 24.3 Å². The third-order valence-electron chi connectivity index (χ3n) is 2.71. The number of ketones is 1. The highest BCUT2D eigenvalue weighted by Crippen LogP contribution is 2.35. The molecular formula is C12H14O3. The van der Waals surface area contributed by atoms with Crippen LogP contribution in [0.4, 0.5) is 0 Å². The lowest BCUT2D eigenvalue weighted by molar-refractivity contribution is 0.0701. The van der Waals surface area contributed by atoms with Gasteiger partial charge in [-0.15, -0.1) is 0 Å². The van der Waals surface area contributed by atoms with Gasteiger partial charge in [0.1, 0.15) is 11.9 Å². The first kappa shape index (κ1) is 10.2. The number of rotatable bonds is 4. The quantitative estimate of drug-likeness (QED) is 0.762. The van der Waals surface area contributed by atoms with Crippen LogP contribution >= 0.6 is 0 Å². The summed E-state index contributed by atoms with van der Waals surface area (Å²) in [5.74, 6) is 0.458. The molecule has 1 unspecified atom stereocenters. The van der Waals surface area contributed by atoms with Gasteiger partial charge in [-0.3, -0.25) is 4.79 Å². The van der Waals surface area contributed by atoms with Crippen molar-refractivity contribution in [3.63, 3.8) is 0 Å². The molecule has 0 aliphatic heterocycles. The molecule has 1 atom stereocenters. The Hall–Kier alpha value is -1.35. The van der Waals surface area contributed by atoms with E-state index in [1.54, 1.807) is 24.3 Å². The monoisotopic (exact) mass is 206 g/mol. The van der Waals surface area contributed by atoms with Gasteiger partial charge in [0.2, 0.25) is 0 Å². The lowest BCUT2D eigenvalue weighted by Crippen LogP contribution is -2.23. The number of carbonyl (C=O) groups excluding carboxylic acids is 1. The molecule has 80 valence electrons. The fourth-order valence-corrected chi connectivity index (χ4v) is 1.63. The van der Waals surface area contributed by atoms with Crippen LogP contribution in [0.25, 0.3) is 0 Å². The standard InChI is InChI=1S/C12H14O3/c1-15-10-5-3-2-4-9(10)12(14)11(13)8-6-7-8/h2-5,8,11,13H,6-7H2,1H3. The van der Waals surface area contributed by atoms with E-state index in [4.69, 9.17) is 4.74 Å². The summed E-state index contributed by atoms with van der Waals surface area (Å²) >= 11 is 0. The number of benzene rings is 1. The number of para-hydroxylation sites is 1. The Balaban J connectivity index is 2.23. The van der Waals surface area contributed by atoms with E-state index in [-0.39, 0.29) is 11.7 Å². The Kier molecular flexibility index (Phi) is 2.73. The fraction of sp³-hybridized carbons (Fsp3) is 0.417. The van der Waals surface area contributed by atoms with Gasteiger partial charge in [-0.25, -0.2) is 0 Å². The Morgan fingerprint density at radius 3 is 2.73 bits per heavy atom. The Labute approximate surface area is 88.7 Å². The predicted octanol–water partition coefficient (Wildman–Crippen LogP) is 1.65. The molecule has 1 aliphatic rings. The van der Waals surface area contributed by atoms with Gasteiger partial charge in [0.25, 0.3) is 0 Å². The van der Waals surface area contributed by atoms with E-state index in [9.17, 15) is 9.90 Å². The van der Waals surface area contributed by atoms with Crippen molar-refractivity contribution in [2.45, 2.75) is 18.9 Å². The van der Waals surface area contributed by atoms with Gasteiger partial charge in [0.15, 0.2) is 5.78 Å². The molecule has 3 heteroatoms. The zero-order chi connectivity index (χ0) is 10.8. The Bertz CT molecular complexity index is 369. The van der Waals surface area contributed by atoms with Gasteiger partial charge < -0.3 is 9.84 Å². The van der Waals surface area contributed by atoms with Gasteiger partial charge in [0, 0.05) is 0 Å². The van der Waals surface area contributed by atoms with Crippen molar-refractivity contribution in [2.24, 2.45) is 5.92 Å². The number of ether oxygens (including phenoxy) is 1. The second kappa shape index (κ2) is 4.03. The molecule has 1 fully saturated rings. The second-order valence-electron chi connectivity index (χ2n) is 3.85. The summed E-state index contributed by atoms with van der Waals surface area (Å²) in [6.45, 7) is 0. The van der Waals surface area contributed by atoms with Gasteiger partial charge >= 0.3 is 0 Å². The van der Waals surface area contributed by atoms with E-state index in [2.05, 4.69) is 0 Å². The molecule has 0 heterocycles. The number of hydrogen-bond donors (Lipinski definition) is 1. The lowest BCUT2D eigenvalue weighted by Gasteiger charge is -2.11. The Morgan fingerprint density at radius 2 is 2.13 bits per heavy atom. The highest BCUT2D eigenvalue weighted by molar-refractivity contribution is 6.02. The van der Waals surface area contributed by atoms with Crippen molar-refractivity contribution in [1.29, 1.82) is 0 Å². The van der Waals surface area contributed by atoms with Gasteiger partial charge in [0.05, 0.1) is 12.7 Å². The zero-order valence-electron chi connectivity index (χ0n) is 8.64. The van der Waals surface area contributed by atoms with Crippen LogP contribution in [-0.4, -0.2) is 24.1 Å². The minimum atomic E-state index is -0.860. The van der Waals surface area contributed by atoms with Crippen LogP contribution in [0.1, 0.15) is 23.2 Å². The number of methoxy groups -OCH3 is 1. The van der Waals surface area contributed by atoms with Crippen molar-refractivity contribution >= 4 is 5.78 Å². The number of aliphatic hydroxyl groups excluding tert-OH is 1. The molecule has 1 aliphatic carbocycles. The van der Waals surface area contributed by atoms with Crippen LogP contribution < -0.4 is 4.74 Å². The molecule has 1 aromatic rings. The minimum absolute atomic E-state index is 0.155. The molecule has 0 radical (unpaired) electrons. The van der Waals surface area contributed by atoms with Gasteiger partial charge in [-0.2, -0.15) is 0 Å². The van der Waals surface area contributed by atoms with Crippen LogP contribution in [0.3, 0.4) is 0 Å². The molecule has 0 bridgehead atoms. The number of aliphatic hydroxyl groups is 1.